The fourth-order valence-electron chi connectivity index (χ4n) is 1.38. The van der Waals surface area contributed by atoms with E-state index in [1.807, 2.05) is 0 Å². The summed E-state index contributed by atoms with van der Waals surface area (Å²) in [6.45, 7) is 0. The highest BCUT2D eigenvalue weighted by Crippen LogP contribution is 2.23. The molecule has 0 aromatic heterocycles. The van der Waals surface area contributed by atoms with Crippen molar-refractivity contribution < 1.29 is 27.9 Å². The van der Waals surface area contributed by atoms with Gasteiger partial charge in [0.2, 0.25) is 5.91 Å². The number of anilines is 1. The van der Waals surface area contributed by atoms with Gasteiger partial charge in [-0.05, 0) is 12.1 Å². The summed E-state index contributed by atoms with van der Waals surface area (Å²) >= 11 is 0. The van der Waals surface area contributed by atoms with E-state index in [9.17, 15) is 18.0 Å². The number of rotatable bonds is 5. The molecule has 19 heavy (non-hydrogen) atoms. The lowest BCUT2D eigenvalue weighted by atomic mass is 10.2. The second kappa shape index (κ2) is 5.70. The number of ether oxygens (including phenoxy) is 1. The molecule has 8 heteroatoms. The molecular weight excluding hydrogens is 274 g/mol. The van der Waals surface area contributed by atoms with Crippen molar-refractivity contribution in [2.24, 2.45) is 0 Å². The van der Waals surface area contributed by atoms with Gasteiger partial charge in [0.15, 0.2) is 9.84 Å². The van der Waals surface area contributed by atoms with Gasteiger partial charge in [-0.2, -0.15) is 0 Å². The highest BCUT2D eigenvalue weighted by molar-refractivity contribution is 7.91. The van der Waals surface area contributed by atoms with Crippen LogP contribution in [0.1, 0.15) is 10.4 Å². The number of nitrogens with one attached hydrogen (secondary N) is 1. The smallest absolute Gasteiger partial charge is 0.339 e. The van der Waals surface area contributed by atoms with E-state index in [-0.39, 0.29) is 17.0 Å². The van der Waals surface area contributed by atoms with Gasteiger partial charge in [0.05, 0.1) is 7.11 Å². The van der Waals surface area contributed by atoms with E-state index in [1.165, 1.54) is 25.3 Å². The molecule has 0 aliphatic carbocycles. The lowest BCUT2D eigenvalue weighted by molar-refractivity contribution is -0.113. The third-order valence-electron chi connectivity index (χ3n) is 2.11. The second-order valence-corrected chi connectivity index (χ2v) is 5.98. The molecule has 0 fully saturated rings. The summed E-state index contributed by atoms with van der Waals surface area (Å²) in [7, 11) is -2.12. The largest absolute Gasteiger partial charge is 0.496 e. The monoisotopic (exact) mass is 287 g/mol. The molecule has 0 saturated heterocycles. The molecule has 0 aliphatic heterocycles. The third-order valence-corrected chi connectivity index (χ3v) is 2.90. The minimum Gasteiger partial charge on any atom is -0.496 e. The zero-order valence-corrected chi connectivity index (χ0v) is 11.2. The fraction of sp³-hybridized carbons (Fsp3) is 0.273. The summed E-state index contributed by atoms with van der Waals surface area (Å²) in [6.07, 6.45) is 0.945. The predicted octanol–water partition coefficient (Wildman–Crippen LogP) is 0.377. The zero-order chi connectivity index (χ0) is 14.6. The molecule has 0 bridgehead atoms. The molecule has 1 amide bonds. The first-order valence-electron chi connectivity index (χ1n) is 5.12. The minimum atomic E-state index is -3.42. The van der Waals surface area contributed by atoms with Crippen LogP contribution in [0.25, 0.3) is 0 Å². The number of carbonyl (C=O) groups excluding carboxylic acids is 1. The van der Waals surface area contributed by atoms with E-state index in [0.717, 1.165) is 6.26 Å². The average Bonchev–Trinajstić information content (AvgIpc) is 2.25. The number of carbonyl (C=O) groups is 2. The highest BCUT2D eigenvalue weighted by atomic mass is 32.2. The van der Waals surface area contributed by atoms with Gasteiger partial charge in [0.25, 0.3) is 0 Å². The van der Waals surface area contributed by atoms with Crippen LogP contribution in [0.4, 0.5) is 5.69 Å². The van der Waals surface area contributed by atoms with Crippen molar-refractivity contribution in [2.75, 3.05) is 24.4 Å². The normalized spacial score (nSPS) is 10.8. The fourth-order valence-corrected chi connectivity index (χ4v) is 1.93. The number of aromatic carboxylic acids is 1. The topological polar surface area (TPSA) is 110 Å². The number of sulfone groups is 1. The molecule has 0 atom stereocenters. The third kappa shape index (κ3) is 4.59. The van der Waals surface area contributed by atoms with E-state index in [4.69, 9.17) is 9.84 Å². The molecule has 1 aromatic carbocycles. The maximum Gasteiger partial charge on any atom is 0.339 e. The predicted molar refractivity (Wildman–Crippen MR) is 68.3 cm³/mol. The number of carboxylic acids is 1. The number of methoxy groups -OCH3 is 1. The Bertz CT molecular complexity index is 608. The number of hydrogen-bond acceptors (Lipinski definition) is 5. The molecule has 0 aliphatic rings. The van der Waals surface area contributed by atoms with Crippen molar-refractivity contribution in [3.8, 4) is 5.75 Å². The van der Waals surface area contributed by atoms with Crippen LogP contribution in [0, 0.1) is 0 Å². The van der Waals surface area contributed by atoms with Crippen LogP contribution in [-0.4, -0.2) is 44.5 Å². The molecule has 0 heterocycles. The van der Waals surface area contributed by atoms with Crippen molar-refractivity contribution in [2.45, 2.75) is 0 Å². The van der Waals surface area contributed by atoms with Crippen LogP contribution in [-0.2, 0) is 14.6 Å². The van der Waals surface area contributed by atoms with Crippen LogP contribution in [0.15, 0.2) is 18.2 Å². The van der Waals surface area contributed by atoms with Crippen LogP contribution >= 0.6 is 0 Å². The highest BCUT2D eigenvalue weighted by Gasteiger charge is 2.14. The van der Waals surface area contributed by atoms with Crippen molar-refractivity contribution in [1.29, 1.82) is 0 Å². The summed E-state index contributed by atoms with van der Waals surface area (Å²) in [5.41, 5.74) is 0.208. The molecule has 1 rings (SSSR count). The van der Waals surface area contributed by atoms with Crippen molar-refractivity contribution in [1.82, 2.24) is 0 Å². The van der Waals surface area contributed by atoms with E-state index in [1.54, 1.807) is 0 Å². The summed E-state index contributed by atoms with van der Waals surface area (Å²) in [5, 5.41) is 11.2. The second-order valence-electron chi connectivity index (χ2n) is 3.84. The molecule has 0 saturated carbocycles. The Morgan fingerprint density at radius 1 is 1.37 bits per heavy atom. The lowest BCUT2D eigenvalue weighted by Crippen LogP contribution is -2.22. The standard InChI is InChI=1S/C11H13NO6S/c1-18-9-5-7(3-4-8(9)11(14)15)12-10(13)6-19(2,16)17/h3-5H,6H2,1-2H3,(H,12,13)(H,14,15). The van der Waals surface area contributed by atoms with Gasteiger partial charge in [0, 0.05) is 18.0 Å². The summed E-state index contributed by atoms with van der Waals surface area (Å²) in [4.78, 5) is 22.3. The minimum absolute atomic E-state index is 0.0522. The first kappa shape index (κ1) is 15.0. The quantitative estimate of drug-likeness (QED) is 0.810. The van der Waals surface area contributed by atoms with Crippen LogP contribution in [0.5, 0.6) is 5.75 Å². The van der Waals surface area contributed by atoms with Gasteiger partial charge in [-0.3, -0.25) is 4.79 Å². The Kier molecular flexibility index (Phi) is 4.49. The summed E-state index contributed by atoms with van der Waals surface area (Å²) in [6, 6.07) is 3.92. The molecule has 0 spiro atoms. The van der Waals surface area contributed by atoms with Gasteiger partial charge in [-0.25, -0.2) is 13.2 Å². The van der Waals surface area contributed by atoms with Crippen molar-refractivity contribution >= 4 is 27.4 Å². The molecule has 0 radical (unpaired) electrons. The van der Waals surface area contributed by atoms with E-state index < -0.39 is 27.5 Å². The summed E-state index contributed by atoms with van der Waals surface area (Å²) in [5.74, 6) is -2.43. The van der Waals surface area contributed by atoms with Gasteiger partial charge in [0.1, 0.15) is 17.1 Å². The molecule has 104 valence electrons. The molecule has 1 aromatic rings. The Morgan fingerprint density at radius 2 is 2.00 bits per heavy atom. The Labute approximate surface area is 110 Å². The van der Waals surface area contributed by atoms with E-state index in [2.05, 4.69) is 5.32 Å². The Hall–Kier alpha value is -2.09. The van der Waals surface area contributed by atoms with Crippen molar-refractivity contribution in [3.05, 3.63) is 23.8 Å². The number of hydrogen-bond donors (Lipinski definition) is 2. The number of benzene rings is 1. The average molecular weight is 287 g/mol. The van der Waals surface area contributed by atoms with Gasteiger partial charge in [-0.1, -0.05) is 0 Å². The Morgan fingerprint density at radius 3 is 2.47 bits per heavy atom. The number of carboxylic acid groups (broad SMARTS) is 1. The SMILES string of the molecule is COc1cc(NC(=O)CS(C)(=O)=O)ccc1C(=O)O. The molecule has 2 N–H and O–H groups in total. The molecule has 7 nitrogen and oxygen atoms in total. The number of amides is 1. The zero-order valence-electron chi connectivity index (χ0n) is 10.3. The first-order chi connectivity index (χ1) is 8.73. The van der Waals surface area contributed by atoms with Crippen molar-refractivity contribution in [3.63, 3.8) is 0 Å². The van der Waals surface area contributed by atoms with Crippen LogP contribution in [0.3, 0.4) is 0 Å². The van der Waals surface area contributed by atoms with Crippen LogP contribution < -0.4 is 10.1 Å². The maximum atomic E-state index is 11.4. The maximum absolute atomic E-state index is 11.4. The Balaban J connectivity index is 2.92. The van der Waals surface area contributed by atoms with Crippen LogP contribution in [0.2, 0.25) is 0 Å². The molecular formula is C11H13NO6S. The molecule has 0 unspecified atom stereocenters. The first-order valence-corrected chi connectivity index (χ1v) is 7.18. The van der Waals surface area contributed by atoms with Gasteiger partial charge >= 0.3 is 5.97 Å². The van der Waals surface area contributed by atoms with Gasteiger partial charge < -0.3 is 15.2 Å². The summed E-state index contributed by atoms with van der Waals surface area (Å²) < 4.78 is 26.7. The van der Waals surface area contributed by atoms with E-state index in [0.29, 0.717) is 0 Å². The lowest BCUT2D eigenvalue weighted by Gasteiger charge is -2.09. The van der Waals surface area contributed by atoms with E-state index >= 15 is 0 Å². The van der Waals surface area contributed by atoms with Gasteiger partial charge in [-0.15, -0.1) is 0 Å².